The second kappa shape index (κ2) is 4.66. The summed E-state index contributed by atoms with van der Waals surface area (Å²) in [7, 11) is 0. The van der Waals surface area contributed by atoms with E-state index in [0.29, 0.717) is 0 Å². The van der Waals surface area contributed by atoms with Crippen molar-refractivity contribution in [3.8, 4) is 0 Å². The molecule has 1 aromatic heterocycles. The fourth-order valence-corrected chi connectivity index (χ4v) is 1.30. The average Bonchev–Trinajstić information content (AvgIpc) is 2.16. The summed E-state index contributed by atoms with van der Waals surface area (Å²) in [6.45, 7) is 0. The van der Waals surface area contributed by atoms with Gasteiger partial charge in [-0.2, -0.15) is 0 Å². The van der Waals surface area contributed by atoms with Gasteiger partial charge in [-0.25, -0.2) is 8.78 Å². The molecule has 76 valence electrons. The lowest BCUT2D eigenvalue weighted by Gasteiger charge is -2.04. The van der Waals surface area contributed by atoms with Crippen LogP contribution in [0.3, 0.4) is 0 Å². The SMILES string of the molecule is O=C(Cl)c1ncc(C(F)F)cc1CCl. The Morgan fingerprint density at radius 3 is 2.64 bits per heavy atom. The number of alkyl halides is 3. The summed E-state index contributed by atoms with van der Waals surface area (Å²) in [5.74, 6) is -0.0820. The minimum Gasteiger partial charge on any atom is -0.274 e. The van der Waals surface area contributed by atoms with Crippen LogP contribution in [0.25, 0.3) is 0 Å². The van der Waals surface area contributed by atoms with E-state index in [0.717, 1.165) is 12.3 Å². The topological polar surface area (TPSA) is 30.0 Å². The number of carbonyl (C=O) groups is 1. The first kappa shape index (κ1) is 11.3. The standard InChI is InChI=1S/C8H5Cl2F2NO/c9-2-4-1-5(8(11)12)3-13-6(4)7(10)14/h1,3,8H,2H2. The summed E-state index contributed by atoms with van der Waals surface area (Å²) in [6.07, 6.45) is -1.72. The van der Waals surface area contributed by atoms with E-state index in [2.05, 4.69) is 4.98 Å². The third-order valence-corrected chi connectivity index (χ3v) is 2.04. The monoisotopic (exact) mass is 239 g/mol. The van der Waals surface area contributed by atoms with Crippen molar-refractivity contribution in [3.05, 3.63) is 29.1 Å². The zero-order chi connectivity index (χ0) is 10.7. The van der Waals surface area contributed by atoms with Gasteiger partial charge in [0.15, 0.2) is 0 Å². The molecule has 1 heterocycles. The van der Waals surface area contributed by atoms with Crippen LogP contribution in [0.2, 0.25) is 0 Å². The number of pyridine rings is 1. The van der Waals surface area contributed by atoms with Gasteiger partial charge < -0.3 is 0 Å². The molecular formula is C8H5Cl2F2NO. The molecule has 0 unspecified atom stereocenters. The maximum Gasteiger partial charge on any atom is 0.271 e. The number of hydrogen-bond acceptors (Lipinski definition) is 2. The van der Waals surface area contributed by atoms with E-state index in [1.165, 1.54) is 0 Å². The highest BCUT2D eigenvalue weighted by atomic mass is 35.5. The molecule has 0 bridgehead atoms. The molecule has 0 saturated heterocycles. The fourth-order valence-electron chi connectivity index (χ4n) is 0.927. The molecule has 1 rings (SSSR count). The van der Waals surface area contributed by atoms with Gasteiger partial charge in [0.2, 0.25) is 0 Å². The third-order valence-electron chi connectivity index (χ3n) is 1.57. The van der Waals surface area contributed by atoms with Crippen molar-refractivity contribution in [2.45, 2.75) is 12.3 Å². The number of nitrogens with zero attached hydrogens (tertiary/aromatic N) is 1. The van der Waals surface area contributed by atoms with Crippen molar-refractivity contribution in [1.82, 2.24) is 4.98 Å². The van der Waals surface area contributed by atoms with Crippen LogP contribution < -0.4 is 0 Å². The summed E-state index contributed by atoms with van der Waals surface area (Å²) in [4.78, 5) is 14.3. The molecule has 0 atom stereocenters. The second-order valence-electron chi connectivity index (χ2n) is 2.48. The van der Waals surface area contributed by atoms with Crippen LogP contribution in [0.15, 0.2) is 12.3 Å². The zero-order valence-corrected chi connectivity index (χ0v) is 8.32. The molecule has 0 N–H and O–H groups in total. The fraction of sp³-hybridized carbons (Fsp3) is 0.250. The minimum atomic E-state index is -2.64. The van der Waals surface area contributed by atoms with Crippen LogP contribution in [-0.2, 0) is 5.88 Å². The molecule has 0 radical (unpaired) electrons. The van der Waals surface area contributed by atoms with Crippen molar-refractivity contribution >= 4 is 28.4 Å². The smallest absolute Gasteiger partial charge is 0.271 e. The van der Waals surface area contributed by atoms with Gasteiger partial charge in [0, 0.05) is 17.6 Å². The van der Waals surface area contributed by atoms with Gasteiger partial charge in [0.25, 0.3) is 11.7 Å². The first-order valence-corrected chi connectivity index (χ1v) is 4.50. The largest absolute Gasteiger partial charge is 0.274 e. The van der Waals surface area contributed by atoms with E-state index in [4.69, 9.17) is 23.2 Å². The van der Waals surface area contributed by atoms with Crippen LogP contribution in [0.5, 0.6) is 0 Å². The van der Waals surface area contributed by atoms with Crippen molar-refractivity contribution in [1.29, 1.82) is 0 Å². The quantitative estimate of drug-likeness (QED) is 0.600. The van der Waals surface area contributed by atoms with Crippen molar-refractivity contribution < 1.29 is 13.6 Å². The summed E-state index contributed by atoms with van der Waals surface area (Å²) in [5, 5.41) is -0.804. The number of rotatable bonds is 3. The summed E-state index contributed by atoms with van der Waals surface area (Å²) in [5.41, 5.74) is -0.141. The Kier molecular flexibility index (Phi) is 3.77. The number of carbonyl (C=O) groups excluding carboxylic acids is 1. The molecule has 0 aromatic carbocycles. The average molecular weight is 240 g/mol. The van der Waals surface area contributed by atoms with E-state index in [-0.39, 0.29) is 22.7 Å². The predicted octanol–water partition coefficient (Wildman–Crippen LogP) is 3.14. The highest BCUT2D eigenvalue weighted by Gasteiger charge is 2.14. The van der Waals surface area contributed by atoms with Gasteiger partial charge in [-0.05, 0) is 23.2 Å². The first-order valence-electron chi connectivity index (χ1n) is 3.59. The highest BCUT2D eigenvalue weighted by molar-refractivity contribution is 6.67. The Labute approximate surface area is 88.8 Å². The summed E-state index contributed by atoms with van der Waals surface area (Å²) in [6, 6.07) is 1.13. The number of halogens is 4. The lowest BCUT2D eigenvalue weighted by atomic mass is 10.1. The van der Waals surface area contributed by atoms with E-state index < -0.39 is 11.7 Å². The Morgan fingerprint density at radius 1 is 1.57 bits per heavy atom. The van der Waals surface area contributed by atoms with Crippen LogP contribution in [0.1, 0.15) is 28.0 Å². The third kappa shape index (κ3) is 2.39. The molecule has 0 aliphatic heterocycles. The molecular weight excluding hydrogens is 235 g/mol. The van der Waals surface area contributed by atoms with E-state index in [1.54, 1.807) is 0 Å². The van der Waals surface area contributed by atoms with Crippen molar-refractivity contribution in [2.24, 2.45) is 0 Å². The van der Waals surface area contributed by atoms with Crippen LogP contribution >= 0.6 is 23.2 Å². The van der Waals surface area contributed by atoms with E-state index in [9.17, 15) is 13.6 Å². The van der Waals surface area contributed by atoms with Gasteiger partial charge in [-0.1, -0.05) is 0 Å². The minimum absolute atomic E-state index is 0.0777. The van der Waals surface area contributed by atoms with Gasteiger partial charge in [0.05, 0.1) is 0 Å². The molecule has 0 spiro atoms. The Hall–Kier alpha value is -0.740. The highest BCUT2D eigenvalue weighted by Crippen LogP contribution is 2.21. The Bertz CT molecular complexity index is 357. The lowest BCUT2D eigenvalue weighted by Crippen LogP contribution is -2.01. The summed E-state index contributed by atoms with van der Waals surface area (Å²) < 4.78 is 24.4. The van der Waals surface area contributed by atoms with Crippen LogP contribution in [0, 0.1) is 0 Å². The van der Waals surface area contributed by atoms with Crippen molar-refractivity contribution in [3.63, 3.8) is 0 Å². The Balaban J connectivity index is 3.18. The van der Waals surface area contributed by atoms with E-state index in [1.807, 2.05) is 0 Å². The van der Waals surface area contributed by atoms with Gasteiger partial charge in [-0.15, -0.1) is 11.6 Å². The molecule has 1 aromatic rings. The summed E-state index contributed by atoms with van der Waals surface area (Å²) >= 11 is 10.6. The van der Waals surface area contributed by atoms with Gasteiger partial charge in [-0.3, -0.25) is 9.78 Å². The van der Waals surface area contributed by atoms with Crippen molar-refractivity contribution in [2.75, 3.05) is 0 Å². The molecule has 0 amide bonds. The van der Waals surface area contributed by atoms with Gasteiger partial charge in [0.1, 0.15) is 5.69 Å². The number of aromatic nitrogens is 1. The van der Waals surface area contributed by atoms with Crippen LogP contribution in [-0.4, -0.2) is 10.2 Å². The molecule has 0 aliphatic rings. The van der Waals surface area contributed by atoms with E-state index >= 15 is 0 Å². The second-order valence-corrected chi connectivity index (χ2v) is 3.09. The maximum atomic E-state index is 12.2. The van der Waals surface area contributed by atoms with Gasteiger partial charge >= 0.3 is 0 Å². The number of hydrogen-bond donors (Lipinski definition) is 0. The molecule has 14 heavy (non-hydrogen) atoms. The first-order chi connectivity index (χ1) is 6.56. The lowest BCUT2D eigenvalue weighted by molar-refractivity contribution is 0.107. The maximum absolute atomic E-state index is 12.2. The molecule has 0 aliphatic carbocycles. The Morgan fingerprint density at radius 2 is 2.21 bits per heavy atom. The molecule has 6 heteroatoms. The van der Waals surface area contributed by atoms with Crippen LogP contribution in [0.4, 0.5) is 8.78 Å². The zero-order valence-electron chi connectivity index (χ0n) is 6.81. The molecule has 0 saturated carbocycles. The predicted molar refractivity (Wildman–Crippen MR) is 48.9 cm³/mol. The molecule has 0 fully saturated rings. The molecule has 2 nitrogen and oxygen atoms in total. The normalized spacial score (nSPS) is 10.6.